The van der Waals surface area contributed by atoms with Crippen LogP contribution in [-0.2, 0) is 18.3 Å². The predicted molar refractivity (Wildman–Crippen MR) is 85.1 cm³/mol. The first-order valence-corrected chi connectivity index (χ1v) is 8.93. The number of aryl methyl sites for hydroxylation is 1. The molecule has 128 valence electrons. The fourth-order valence-corrected chi connectivity index (χ4v) is 3.98. The highest BCUT2D eigenvalue weighted by atomic mass is 16.5. The second-order valence-electron chi connectivity index (χ2n) is 7.46. The van der Waals surface area contributed by atoms with Gasteiger partial charge in [0.15, 0.2) is 0 Å². The van der Waals surface area contributed by atoms with E-state index in [0.717, 1.165) is 31.9 Å². The lowest BCUT2D eigenvalue weighted by atomic mass is 9.91. The molecule has 0 bridgehead atoms. The summed E-state index contributed by atoms with van der Waals surface area (Å²) in [7, 11) is 1.96. The monoisotopic (exact) mass is 329 g/mol. The van der Waals surface area contributed by atoms with Crippen molar-refractivity contribution in [1.29, 1.82) is 0 Å². The molecule has 0 unspecified atom stereocenters. The molecule has 2 aliphatic heterocycles. The van der Waals surface area contributed by atoms with E-state index in [0.29, 0.717) is 17.7 Å². The summed E-state index contributed by atoms with van der Waals surface area (Å²) < 4.78 is 14.0. The van der Waals surface area contributed by atoms with Crippen LogP contribution in [0.3, 0.4) is 0 Å². The van der Waals surface area contributed by atoms with E-state index in [1.807, 2.05) is 17.9 Å². The molecule has 2 aromatic heterocycles. The van der Waals surface area contributed by atoms with Crippen molar-refractivity contribution in [2.24, 2.45) is 13.0 Å². The quantitative estimate of drug-likeness (QED) is 0.855. The van der Waals surface area contributed by atoms with Gasteiger partial charge in [-0.2, -0.15) is 5.10 Å². The molecule has 1 saturated carbocycles. The summed E-state index contributed by atoms with van der Waals surface area (Å²) >= 11 is 0. The molecule has 0 radical (unpaired) electrons. The Morgan fingerprint density at radius 3 is 2.88 bits per heavy atom. The molecule has 1 aliphatic carbocycles. The van der Waals surface area contributed by atoms with Crippen LogP contribution in [0, 0.1) is 5.92 Å². The second kappa shape index (κ2) is 5.67. The van der Waals surface area contributed by atoms with Gasteiger partial charge in [0.05, 0.1) is 12.3 Å². The summed E-state index contributed by atoms with van der Waals surface area (Å²) in [6.45, 7) is 3.03. The van der Waals surface area contributed by atoms with Crippen molar-refractivity contribution >= 4 is 0 Å². The average Bonchev–Trinajstić information content (AvgIpc) is 2.98. The molecule has 4 heterocycles. The molecule has 24 heavy (non-hydrogen) atoms. The fraction of sp³-hybridized carbons (Fsp3) is 0.706. The summed E-state index contributed by atoms with van der Waals surface area (Å²) in [5.41, 5.74) is 1.26. The first kappa shape index (κ1) is 14.6. The van der Waals surface area contributed by atoms with Crippen molar-refractivity contribution in [3.63, 3.8) is 0 Å². The number of hydrogen-bond acceptors (Lipinski definition) is 6. The molecule has 3 aliphatic rings. The molecule has 0 aromatic carbocycles. The smallest absolute Gasteiger partial charge is 0.245 e. The Labute approximate surface area is 141 Å². The van der Waals surface area contributed by atoms with Gasteiger partial charge in [0.25, 0.3) is 0 Å². The third-order valence-corrected chi connectivity index (χ3v) is 5.46. The molecule has 7 nitrogen and oxygen atoms in total. The molecule has 3 fully saturated rings. The lowest BCUT2D eigenvalue weighted by molar-refractivity contribution is -0.0177. The largest absolute Gasteiger partial charge is 0.422 e. The third kappa shape index (κ3) is 2.75. The maximum absolute atomic E-state index is 6.28. The molecular formula is C17H23N5O2. The van der Waals surface area contributed by atoms with Crippen LogP contribution in [0.5, 0.6) is 0 Å². The fourth-order valence-electron chi connectivity index (χ4n) is 3.98. The third-order valence-electron chi connectivity index (χ3n) is 5.46. The first-order valence-electron chi connectivity index (χ1n) is 8.93. The van der Waals surface area contributed by atoms with E-state index in [1.165, 1.54) is 24.8 Å². The van der Waals surface area contributed by atoms with Crippen molar-refractivity contribution in [3.8, 4) is 0 Å². The Hall–Kier alpha value is -1.73. The number of rotatable bonds is 4. The summed E-state index contributed by atoms with van der Waals surface area (Å²) in [6.07, 6.45) is 8.84. The number of nitrogens with zero attached hydrogens (tertiary/aromatic N) is 5. The van der Waals surface area contributed by atoms with Gasteiger partial charge < -0.3 is 9.15 Å². The zero-order valence-corrected chi connectivity index (χ0v) is 14.0. The van der Waals surface area contributed by atoms with Gasteiger partial charge in [-0.3, -0.25) is 9.58 Å². The lowest BCUT2D eigenvalue weighted by Crippen LogP contribution is -2.41. The first-order chi connectivity index (χ1) is 11.7. The number of ether oxygens (including phenoxy) is 1. The second-order valence-corrected chi connectivity index (χ2v) is 7.46. The molecule has 0 N–H and O–H groups in total. The number of piperidine rings is 1. The van der Waals surface area contributed by atoms with Crippen LogP contribution in [0.4, 0.5) is 0 Å². The Morgan fingerprint density at radius 2 is 2.08 bits per heavy atom. The van der Waals surface area contributed by atoms with Crippen LogP contribution in [0.2, 0.25) is 0 Å². The van der Waals surface area contributed by atoms with Crippen molar-refractivity contribution in [2.75, 3.05) is 13.1 Å². The molecule has 2 saturated heterocycles. The highest BCUT2D eigenvalue weighted by molar-refractivity contribution is 5.05. The van der Waals surface area contributed by atoms with Gasteiger partial charge in [-0.15, -0.1) is 10.2 Å². The van der Waals surface area contributed by atoms with E-state index in [-0.39, 0.29) is 12.2 Å². The predicted octanol–water partition coefficient (Wildman–Crippen LogP) is 2.03. The normalized spacial score (nSPS) is 30.6. The molecule has 2 aromatic rings. The Balaban J connectivity index is 1.22. The van der Waals surface area contributed by atoms with Gasteiger partial charge in [0.2, 0.25) is 11.8 Å². The van der Waals surface area contributed by atoms with Gasteiger partial charge in [-0.05, 0) is 38.1 Å². The summed E-state index contributed by atoms with van der Waals surface area (Å²) in [4.78, 5) is 2.46. The summed E-state index contributed by atoms with van der Waals surface area (Å²) in [5, 5.41) is 12.7. The van der Waals surface area contributed by atoms with Crippen LogP contribution in [0.25, 0.3) is 0 Å². The number of likely N-dealkylation sites (tertiary alicyclic amines) is 1. The van der Waals surface area contributed by atoms with Crippen molar-refractivity contribution in [3.05, 3.63) is 29.7 Å². The Kier molecular flexibility index (Phi) is 3.45. The SMILES string of the molecule is Cn1cc(CN2CC[C@@H]3C[C@@H](c4nnc(C5CC5)o4)O[C@H]3C2)cn1. The molecule has 0 spiro atoms. The topological polar surface area (TPSA) is 69.2 Å². The minimum absolute atomic E-state index is 0.0154. The van der Waals surface area contributed by atoms with Crippen LogP contribution in [0.1, 0.15) is 55.1 Å². The highest BCUT2D eigenvalue weighted by Gasteiger charge is 2.42. The lowest BCUT2D eigenvalue weighted by Gasteiger charge is -2.33. The van der Waals surface area contributed by atoms with E-state index in [2.05, 4.69) is 26.4 Å². The zero-order chi connectivity index (χ0) is 16.1. The number of hydrogen-bond donors (Lipinski definition) is 0. The summed E-state index contributed by atoms with van der Waals surface area (Å²) in [5.74, 6) is 2.60. The van der Waals surface area contributed by atoms with Crippen LogP contribution < -0.4 is 0 Å². The Morgan fingerprint density at radius 1 is 1.21 bits per heavy atom. The van der Waals surface area contributed by atoms with E-state index in [4.69, 9.17) is 9.15 Å². The molecule has 3 atom stereocenters. The molecule has 7 heteroatoms. The summed E-state index contributed by atoms with van der Waals surface area (Å²) in [6, 6.07) is 0. The zero-order valence-electron chi connectivity index (χ0n) is 14.0. The van der Waals surface area contributed by atoms with Crippen molar-refractivity contribution in [2.45, 2.75) is 50.4 Å². The van der Waals surface area contributed by atoms with Crippen molar-refractivity contribution < 1.29 is 9.15 Å². The minimum atomic E-state index is -0.0154. The molecule has 5 rings (SSSR count). The molecule has 0 amide bonds. The van der Waals surface area contributed by atoms with Crippen LogP contribution in [-0.4, -0.2) is 44.1 Å². The minimum Gasteiger partial charge on any atom is -0.422 e. The van der Waals surface area contributed by atoms with Gasteiger partial charge in [-0.1, -0.05) is 0 Å². The van der Waals surface area contributed by atoms with E-state index < -0.39 is 0 Å². The van der Waals surface area contributed by atoms with E-state index in [1.54, 1.807) is 0 Å². The van der Waals surface area contributed by atoms with Gasteiger partial charge >= 0.3 is 0 Å². The van der Waals surface area contributed by atoms with Crippen molar-refractivity contribution in [1.82, 2.24) is 24.9 Å². The van der Waals surface area contributed by atoms with Crippen LogP contribution >= 0.6 is 0 Å². The average molecular weight is 329 g/mol. The van der Waals surface area contributed by atoms with E-state index >= 15 is 0 Å². The van der Waals surface area contributed by atoms with Gasteiger partial charge in [-0.25, -0.2) is 0 Å². The maximum Gasteiger partial charge on any atom is 0.245 e. The standard InChI is InChI=1S/C17H23N5O2/c1-21-8-11(7-18-21)9-22-5-4-13-6-14(23-15(13)10-22)17-20-19-16(24-17)12-2-3-12/h7-8,12-15H,2-6,9-10H2,1H3/t13-,14+,15+/m1/s1. The number of aromatic nitrogens is 4. The van der Waals surface area contributed by atoms with Crippen LogP contribution in [0.15, 0.2) is 16.8 Å². The van der Waals surface area contributed by atoms with Gasteiger partial charge in [0.1, 0.15) is 6.10 Å². The van der Waals surface area contributed by atoms with E-state index in [9.17, 15) is 0 Å². The highest BCUT2D eigenvalue weighted by Crippen LogP contribution is 2.43. The van der Waals surface area contributed by atoms with Gasteiger partial charge in [0, 0.05) is 37.8 Å². The molecular weight excluding hydrogens is 306 g/mol. The number of fused-ring (bicyclic) bond motifs is 1. The Bertz CT molecular complexity index is 722. The maximum atomic E-state index is 6.28.